The molecule has 0 amide bonds. The van der Waals surface area contributed by atoms with Gasteiger partial charge in [0.05, 0.1) is 0 Å². The molecule has 1 fully saturated rings. The summed E-state index contributed by atoms with van der Waals surface area (Å²) in [5, 5.41) is 1.50. The van der Waals surface area contributed by atoms with E-state index in [0.29, 0.717) is 17.8 Å². The molecule has 6 rings (SSSR count). The van der Waals surface area contributed by atoms with Gasteiger partial charge in [0.15, 0.2) is 0 Å². The van der Waals surface area contributed by atoms with E-state index in [1.807, 2.05) is 0 Å². The first-order chi connectivity index (χ1) is 24.8. The van der Waals surface area contributed by atoms with Crippen molar-refractivity contribution in [2.75, 3.05) is 0 Å². The van der Waals surface area contributed by atoms with Crippen LogP contribution in [0.2, 0.25) is 4.25 Å². The molecule has 3 heteroatoms. The number of hydrogen-bond acceptors (Lipinski definition) is 1. The predicted octanol–water partition coefficient (Wildman–Crippen LogP) is 13.8. The van der Waals surface area contributed by atoms with Crippen molar-refractivity contribution in [3.05, 3.63) is 117 Å². The Kier molecular flexibility index (Phi) is 10.4. The standard InChI is InChI=1S/C51H69GeOP/c1-31(2)34-27-38(32(3)4)44(39(28-34)33(5)6)52(50(16,17)18)46(51(53-52)40-25-21-19-23-36(40)37-24-20-22-26-41(37)51)54-45-42(48(10,11)12)29-35(47(7,8)9)30-43(45)49(13,14)15/h19-33H,1-18H3. The van der Waals surface area contributed by atoms with Gasteiger partial charge in [-0.2, -0.15) is 0 Å². The Labute approximate surface area is 334 Å². The van der Waals surface area contributed by atoms with Crippen molar-refractivity contribution in [3.8, 4) is 11.1 Å². The van der Waals surface area contributed by atoms with Gasteiger partial charge in [0.2, 0.25) is 0 Å². The molecule has 2 aliphatic rings. The first-order valence-corrected chi connectivity index (χ1v) is 25.5. The predicted molar refractivity (Wildman–Crippen MR) is 242 cm³/mol. The van der Waals surface area contributed by atoms with E-state index in [1.54, 1.807) is 8.52 Å². The van der Waals surface area contributed by atoms with Gasteiger partial charge in [-0.25, -0.2) is 0 Å². The van der Waals surface area contributed by atoms with Gasteiger partial charge in [0, 0.05) is 0 Å². The summed E-state index contributed by atoms with van der Waals surface area (Å²) in [6.07, 6.45) is 0. The molecule has 0 aromatic heterocycles. The fourth-order valence-electron chi connectivity index (χ4n) is 9.10. The van der Waals surface area contributed by atoms with E-state index in [4.69, 9.17) is 3.76 Å². The van der Waals surface area contributed by atoms with E-state index >= 15 is 0 Å². The molecule has 0 saturated carbocycles. The van der Waals surface area contributed by atoms with E-state index in [-0.39, 0.29) is 20.5 Å². The van der Waals surface area contributed by atoms with E-state index in [0.717, 1.165) is 0 Å². The average molecular weight is 802 g/mol. The summed E-state index contributed by atoms with van der Waals surface area (Å²) in [4.78, 5) is 0. The molecule has 4 aromatic rings. The summed E-state index contributed by atoms with van der Waals surface area (Å²) in [7, 11) is 1.33. The molecule has 0 N–H and O–H groups in total. The van der Waals surface area contributed by atoms with Crippen LogP contribution < -0.4 is 9.70 Å². The Balaban J connectivity index is 1.89. The van der Waals surface area contributed by atoms with Crippen LogP contribution in [0.15, 0.2) is 72.8 Å². The fraction of sp³-hybridized carbons (Fsp3) is 0.510. The van der Waals surface area contributed by atoms with Crippen molar-refractivity contribution >= 4 is 35.6 Å². The van der Waals surface area contributed by atoms with Gasteiger partial charge >= 0.3 is 336 Å². The van der Waals surface area contributed by atoms with E-state index in [1.165, 1.54) is 69.1 Å². The summed E-state index contributed by atoms with van der Waals surface area (Å²) in [5.74, 6) is 1.22. The van der Waals surface area contributed by atoms with Crippen molar-refractivity contribution < 1.29 is 3.76 Å². The van der Waals surface area contributed by atoms with Crippen molar-refractivity contribution in [3.63, 3.8) is 0 Å². The van der Waals surface area contributed by atoms with Gasteiger partial charge < -0.3 is 0 Å². The monoisotopic (exact) mass is 802 g/mol. The maximum absolute atomic E-state index is 8.42. The van der Waals surface area contributed by atoms with Crippen LogP contribution in [0.1, 0.15) is 187 Å². The zero-order valence-electron chi connectivity index (χ0n) is 37.0. The molecular formula is C51H69GeOP. The molecule has 1 unspecified atom stereocenters. The van der Waals surface area contributed by atoms with Gasteiger partial charge in [-0.3, -0.25) is 0 Å². The van der Waals surface area contributed by atoms with E-state index < -0.39 is 19.2 Å². The molecule has 1 atom stereocenters. The molecule has 0 bridgehead atoms. The average Bonchev–Trinajstić information content (AvgIpc) is 3.34. The van der Waals surface area contributed by atoms with Crippen molar-refractivity contribution in [2.24, 2.45) is 0 Å². The summed E-state index contributed by atoms with van der Waals surface area (Å²) < 4.78 is 11.6. The molecule has 1 spiro atoms. The van der Waals surface area contributed by atoms with Crippen LogP contribution in [0, 0.1) is 0 Å². The van der Waals surface area contributed by atoms with Crippen LogP contribution in [-0.2, 0) is 25.6 Å². The SMILES string of the molecule is CC(C)c1cc(C(C)C)[c]([Ge]2([C](C)(C)C)[O]C3([C]2=Pc2c(C(C)(C)C)cc(C(C)(C)C)cc2C(C)(C)C)c2ccccc2-c2ccccc23)c(C(C)C)c1. The molecule has 54 heavy (non-hydrogen) atoms. The third kappa shape index (κ3) is 6.45. The third-order valence-corrected chi connectivity index (χ3v) is 26.4. The van der Waals surface area contributed by atoms with Crippen LogP contribution in [0.5, 0.6) is 0 Å². The summed E-state index contributed by atoms with van der Waals surface area (Å²) in [6, 6.07) is 28.6. The van der Waals surface area contributed by atoms with E-state index in [2.05, 4.69) is 197 Å². The van der Waals surface area contributed by atoms with Gasteiger partial charge in [0.25, 0.3) is 0 Å². The third-order valence-electron chi connectivity index (χ3n) is 12.2. The number of benzene rings is 4. The van der Waals surface area contributed by atoms with Crippen LogP contribution in [-0.4, -0.2) is 17.7 Å². The van der Waals surface area contributed by atoms with Crippen LogP contribution >= 0.6 is 8.20 Å². The Morgan fingerprint density at radius 3 is 1.33 bits per heavy atom. The minimum atomic E-state index is -3.80. The summed E-state index contributed by atoms with van der Waals surface area (Å²) >= 11 is -3.80. The zero-order valence-corrected chi connectivity index (χ0v) is 40.0. The van der Waals surface area contributed by atoms with E-state index in [9.17, 15) is 0 Å². The molecule has 1 saturated heterocycles. The first-order valence-electron chi connectivity index (χ1n) is 20.6. The van der Waals surface area contributed by atoms with Gasteiger partial charge in [-0.05, 0) is 0 Å². The normalized spacial score (nSPS) is 19.2. The van der Waals surface area contributed by atoms with Crippen molar-refractivity contribution in [2.45, 2.75) is 168 Å². The van der Waals surface area contributed by atoms with Crippen LogP contribution in [0.25, 0.3) is 11.1 Å². The molecule has 288 valence electrons. The summed E-state index contributed by atoms with van der Waals surface area (Å²) in [6.45, 7) is 43.6. The van der Waals surface area contributed by atoms with Crippen LogP contribution in [0.4, 0.5) is 0 Å². The quantitative estimate of drug-likeness (QED) is 0.144. The van der Waals surface area contributed by atoms with Gasteiger partial charge in [-0.15, -0.1) is 0 Å². The molecular weight excluding hydrogens is 732 g/mol. The maximum atomic E-state index is 8.42. The molecule has 1 aliphatic heterocycles. The summed E-state index contributed by atoms with van der Waals surface area (Å²) in [5.41, 5.74) is 13.5. The topological polar surface area (TPSA) is 9.23 Å². The second-order valence-corrected chi connectivity index (χ2v) is 32.0. The minimum absolute atomic E-state index is 0.0379. The zero-order chi connectivity index (χ0) is 40.1. The first kappa shape index (κ1) is 41.2. The number of rotatable bonds is 5. The second kappa shape index (κ2) is 13.6. The Morgan fingerprint density at radius 2 is 0.981 bits per heavy atom. The number of hydrogen-bond donors (Lipinski definition) is 0. The number of fused-ring (bicyclic) bond motifs is 5. The van der Waals surface area contributed by atoms with Crippen molar-refractivity contribution in [1.29, 1.82) is 0 Å². The fourth-order valence-corrected chi connectivity index (χ4v) is 26.3. The molecule has 1 heterocycles. The van der Waals surface area contributed by atoms with Gasteiger partial charge in [0.1, 0.15) is 0 Å². The van der Waals surface area contributed by atoms with Crippen molar-refractivity contribution in [1.82, 2.24) is 0 Å². The Morgan fingerprint density at radius 1 is 0.556 bits per heavy atom. The Bertz CT molecular complexity index is 2010. The Hall–Kier alpha value is -2.45. The van der Waals surface area contributed by atoms with Gasteiger partial charge in [-0.1, -0.05) is 0 Å². The molecule has 0 radical (unpaired) electrons. The second-order valence-electron chi connectivity index (χ2n) is 21.5. The molecule has 4 aromatic carbocycles. The molecule has 1 nitrogen and oxygen atoms in total. The van der Waals surface area contributed by atoms with Crippen LogP contribution in [0.3, 0.4) is 0 Å². The molecule has 1 aliphatic carbocycles.